The molecular weight excluding hydrogens is 319 g/mol. The maximum atomic E-state index is 9.89. The molecule has 0 aliphatic carbocycles. The van der Waals surface area contributed by atoms with Crippen molar-refractivity contribution in [3.8, 4) is 0 Å². The molecule has 0 radical (unpaired) electrons. The maximum absolute atomic E-state index is 9.89. The molecule has 0 aromatic carbocycles. The van der Waals surface area contributed by atoms with E-state index < -0.39 is 0 Å². The van der Waals surface area contributed by atoms with Gasteiger partial charge < -0.3 is 4.79 Å². The van der Waals surface area contributed by atoms with E-state index >= 15 is 0 Å². The molecule has 11 heavy (non-hydrogen) atoms. The van der Waals surface area contributed by atoms with Crippen molar-refractivity contribution in [1.29, 1.82) is 0 Å². The SMILES string of the molecule is CCCCCCCCC=O.[Pt]. The summed E-state index contributed by atoms with van der Waals surface area (Å²) < 4.78 is 0. The molecule has 0 fully saturated rings. The minimum absolute atomic E-state index is 0. The normalized spacial score (nSPS) is 8.82. The Morgan fingerprint density at radius 1 is 1.00 bits per heavy atom. The summed E-state index contributed by atoms with van der Waals surface area (Å²) in [6.07, 6.45) is 9.39. The first-order chi connectivity index (χ1) is 4.91. The number of carbonyl (C=O) groups excluding carboxylic acids is 1. The summed E-state index contributed by atoms with van der Waals surface area (Å²) in [6, 6.07) is 0. The Labute approximate surface area is 84.2 Å². The van der Waals surface area contributed by atoms with Gasteiger partial charge in [-0.3, -0.25) is 0 Å². The molecule has 0 amide bonds. The third-order valence-electron chi connectivity index (χ3n) is 1.68. The van der Waals surface area contributed by atoms with Crippen LogP contribution in [0.15, 0.2) is 0 Å². The topological polar surface area (TPSA) is 17.1 Å². The summed E-state index contributed by atoms with van der Waals surface area (Å²) in [4.78, 5) is 9.89. The molecule has 0 unspecified atom stereocenters. The first-order valence-corrected chi connectivity index (χ1v) is 4.35. The van der Waals surface area contributed by atoms with Crippen LogP contribution in [-0.2, 0) is 25.9 Å². The minimum atomic E-state index is 0. The van der Waals surface area contributed by atoms with Crippen LogP contribution in [-0.4, -0.2) is 6.29 Å². The largest absolute Gasteiger partial charge is 0.303 e. The van der Waals surface area contributed by atoms with Gasteiger partial charge in [-0.05, 0) is 6.42 Å². The standard InChI is InChI=1S/C9H18O.Pt/c1-2-3-4-5-6-7-8-9-10;/h9H,2-8H2,1H3;. The zero-order valence-corrected chi connectivity index (χ0v) is 9.52. The number of hydrogen-bond acceptors (Lipinski definition) is 1. The first-order valence-electron chi connectivity index (χ1n) is 4.35. The number of unbranched alkanes of at least 4 members (excludes halogenated alkanes) is 6. The number of aldehydes is 1. The van der Waals surface area contributed by atoms with E-state index in [4.69, 9.17) is 0 Å². The third kappa shape index (κ3) is 13.4. The molecule has 0 bridgehead atoms. The van der Waals surface area contributed by atoms with Crippen LogP contribution < -0.4 is 0 Å². The van der Waals surface area contributed by atoms with E-state index in [-0.39, 0.29) is 21.1 Å². The molecule has 1 nitrogen and oxygen atoms in total. The number of hydrogen-bond donors (Lipinski definition) is 0. The smallest absolute Gasteiger partial charge is 0.119 e. The molecule has 0 aromatic rings. The Hall–Kier alpha value is 0.358. The Morgan fingerprint density at radius 3 is 2.09 bits per heavy atom. The molecule has 0 rings (SSSR count). The minimum Gasteiger partial charge on any atom is -0.303 e. The summed E-state index contributed by atoms with van der Waals surface area (Å²) in [7, 11) is 0. The van der Waals surface area contributed by atoms with E-state index in [2.05, 4.69) is 6.92 Å². The van der Waals surface area contributed by atoms with Crippen LogP contribution in [0, 0.1) is 0 Å². The van der Waals surface area contributed by atoms with Gasteiger partial charge in [0.2, 0.25) is 0 Å². The molecule has 0 saturated heterocycles. The molecule has 0 aromatic heterocycles. The van der Waals surface area contributed by atoms with Crippen molar-refractivity contribution >= 4 is 6.29 Å². The van der Waals surface area contributed by atoms with E-state index in [1.807, 2.05) is 0 Å². The van der Waals surface area contributed by atoms with Gasteiger partial charge in [0.15, 0.2) is 0 Å². The van der Waals surface area contributed by atoms with Gasteiger partial charge in [-0.2, -0.15) is 0 Å². The Balaban J connectivity index is 0. The average Bonchev–Trinajstić information content (AvgIpc) is 1.97. The first kappa shape index (κ1) is 13.9. The van der Waals surface area contributed by atoms with Gasteiger partial charge in [-0.15, -0.1) is 0 Å². The monoisotopic (exact) mass is 337 g/mol. The molecule has 70 valence electrons. The average molecular weight is 337 g/mol. The Kier molecular flexibility index (Phi) is 16.4. The fourth-order valence-corrected chi connectivity index (χ4v) is 1.01. The molecule has 0 aliphatic rings. The van der Waals surface area contributed by atoms with Crippen LogP contribution in [0.4, 0.5) is 0 Å². The fraction of sp³-hybridized carbons (Fsp3) is 0.889. The zero-order valence-electron chi connectivity index (χ0n) is 7.25. The maximum Gasteiger partial charge on any atom is 0.119 e. The Morgan fingerprint density at radius 2 is 1.55 bits per heavy atom. The van der Waals surface area contributed by atoms with E-state index in [0.29, 0.717) is 0 Å². The fourth-order valence-electron chi connectivity index (χ4n) is 1.01. The second kappa shape index (κ2) is 13.0. The second-order valence-corrected chi connectivity index (χ2v) is 2.72. The van der Waals surface area contributed by atoms with Crippen LogP contribution in [0.1, 0.15) is 51.9 Å². The van der Waals surface area contributed by atoms with Gasteiger partial charge in [0.25, 0.3) is 0 Å². The van der Waals surface area contributed by atoms with Gasteiger partial charge >= 0.3 is 0 Å². The van der Waals surface area contributed by atoms with Gasteiger partial charge in [0.05, 0.1) is 0 Å². The third-order valence-corrected chi connectivity index (χ3v) is 1.68. The van der Waals surface area contributed by atoms with Crippen molar-refractivity contribution < 1.29 is 25.9 Å². The predicted molar refractivity (Wildman–Crippen MR) is 44.1 cm³/mol. The van der Waals surface area contributed by atoms with Crippen molar-refractivity contribution in [2.45, 2.75) is 51.9 Å². The predicted octanol–water partition coefficient (Wildman–Crippen LogP) is 2.93. The van der Waals surface area contributed by atoms with Crippen molar-refractivity contribution in [2.75, 3.05) is 0 Å². The van der Waals surface area contributed by atoms with E-state index in [0.717, 1.165) is 19.1 Å². The van der Waals surface area contributed by atoms with Crippen molar-refractivity contribution in [2.24, 2.45) is 0 Å². The summed E-state index contributed by atoms with van der Waals surface area (Å²) in [6.45, 7) is 2.21. The van der Waals surface area contributed by atoms with Gasteiger partial charge in [0.1, 0.15) is 6.29 Å². The molecule has 0 aliphatic heterocycles. The molecule has 0 saturated carbocycles. The summed E-state index contributed by atoms with van der Waals surface area (Å²) in [5.41, 5.74) is 0. The van der Waals surface area contributed by atoms with E-state index in [1.54, 1.807) is 0 Å². The molecule has 0 heterocycles. The molecule has 2 heteroatoms. The van der Waals surface area contributed by atoms with Crippen molar-refractivity contribution in [3.63, 3.8) is 0 Å². The number of carbonyl (C=O) groups is 1. The Bertz CT molecular complexity index is 74.0. The van der Waals surface area contributed by atoms with Crippen LogP contribution in [0.3, 0.4) is 0 Å². The van der Waals surface area contributed by atoms with E-state index in [9.17, 15) is 4.79 Å². The van der Waals surface area contributed by atoms with Crippen LogP contribution >= 0.6 is 0 Å². The van der Waals surface area contributed by atoms with Gasteiger partial charge in [-0.1, -0.05) is 39.0 Å². The molecular formula is C9H18OPt. The van der Waals surface area contributed by atoms with Crippen LogP contribution in [0.2, 0.25) is 0 Å². The zero-order chi connectivity index (χ0) is 7.66. The second-order valence-electron chi connectivity index (χ2n) is 2.72. The molecule has 0 spiro atoms. The van der Waals surface area contributed by atoms with Crippen LogP contribution in [0.5, 0.6) is 0 Å². The van der Waals surface area contributed by atoms with E-state index in [1.165, 1.54) is 32.1 Å². The molecule has 0 atom stereocenters. The molecule has 0 N–H and O–H groups in total. The van der Waals surface area contributed by atoms with Gasteiger partial charge in [-0.25, -0.2) is 0 Å². The van der Waals surface area contributed by atoms with Crippen LogP contribution in [0.25, 0.3) is 0 Å². The summed E-state index contributed by atoms with van der Waals surface area (Å²) in [5.74, 6) is 0. The summed E-state index contributed by atoms with van der Waals surface area (Å²) >= 11 is 0. The quantitative estimate of drug-likeness (QED) is 0.516. The van der Waals surface area contributed by atoms with Crippen molar-refractivity contribution in [3.05, 3.63) is 0 Å². The van der Waals surface area contributed by atoms with Gasteiger partial charge in [0, 0.05) is 27.5 Å². The summed E-state index contributed by atoms with van der Waals surface area (Å²) in [5, 5.41) is 0. The van der Waals surface area contributed by atoms with Crippen molar-refractivity contribution in [1.82, 2.24) is 0 Å². The number of rotatable bonds is 7.